The number of aromatic nitrogens is 3. The standard InChI is InChI=1S/C15H8FN3OSSe/c16-10-7-5-9(6-8-10)13-17-18-15(21-13)19-14(20)11-3-1-2-4-12(11)22-19/h1-8H. The second-order valence-electron chi connectivity index (χ2n) is 4.58. The van der Waals surface area contributed by atoms with Crippen molar-refractivity contribution in [3.63, 3.8) is 0 Å². The summed E-state index contributed by atoms with van der Waals surface area (Å²) in [5, 5.41) is 10.2. The third-order valence-electron chi connectivity index (χ3n) is 3.17. The summed E-state index contributed by atoms with van der Waals surface area (Å²) in [6.07, 6.45) is 0. The Bertz CT molecular complexity index is 1020. The fourth-order valence-electron chi connectivity index (χ4n) is 2.10. The average Bonchev–Trinajstić information content (AvgIpc) is 3.14. The van der Waals surface area contributed by atoms with Gasteiger partial charge in [-0.05, 0) is 0 Å². The van der Waals surface area contributed by atoms with Crippen molar-refractivity contribution in [2.24, 2.45) is 0 Å². The van der Waals surface area contributed by atoms with Crippen LogP contribution < -0.4 is 5.56 Å². The predicted octanol–water partition coefficient (Wildman–Crippen LogP) is 2.71. The molecule has 0 saturated carbocycles. The summed E-state index contributed by atoms with van der Waals surface area (Å²) in [6.45, 7) is 0. The van der Waals surface area contributed by atoms with Crippen molar-refractivity contribution in [2.75, 3.05) is 0 Å². The van der Waals surface area contributed by atoms with Crippen molar-refractivity contribution in [1.82, 2.24) is 13.8 Å². The van der Waals surface area contributed by atoms with Crippen LogP contribution in [0.1, 0.15) is 0 Å². The Hall–Kier alpha value is -2.08. The molecule has 0 aliphatic rings. The Morgan fingerprint density at radius 2 is 1.82 bits per heavy atom. The first-order chi connectivity index (χ1) is 10.7. The van der Waals surface area contributed by atoms with Gasteiger partial charge in [-0.2, -0.15) is 0 Å². The molecule has 2 aromatic heterocycles. The van der Waals surface area contributed by atoms with Crippen LogP contribution in [0, 0.1) is 5.82 Å². The molecule has 2 heterocycles. The molecule has 0 radical (unpaired) electrons. The van der Waals surface area contributed by atoms with Crippen molar-refractivity contribution in [2.45, 2.75) is 0 Å². The summed E-state index contributed by atoms with van der Waals surface area (Å²) in [5.41, 5.74) is 0.763. The van der Waals surface area contributed by atoms with Gasteiger partial charge in [0, 0.05) is 0 Å². The molecule has 0 aliphatic heterocycles. The third kappa shape index (κ3) is 2.23. The molecule has 4 rings (SSSR count). The number of hydrogen-bond donors (Lipinski definition) is 0. The molecule has 0 unspecified atom stereocenters. The summed E-state index contributed by atoms with van der Waals surface area (Å²) >= 11 is 1.22. The summed E-state index contributed by atoms with van der Waals surface area (Å²) in [7, 11) is 0. The Morgan fingerprint density at radius 1 is 1.05 bits per heavy atom. The van der Waals surface area contributed by atoms with Gasteiger partial charge in [0.15, 0.2) is 0 Å². The predicted molar refractivity (Wildman–Crippen MR) is 85.3 cm³/mol. The van der Waals surface area contributed by atoms with Crippen LogP contribution in [0.5, 0.6) is 0 Å². The van der Waals surface area contributed by atoms with Gasteiger partial charge < -0.3 is 0 Å². The quantitative estimate of drug-likeness (QED) is 0.506. The van der Waals surface area contributed by atoms with E-state index in [9.17, 15) is 9.18 Å². The van der Waals surface area contributed by atoms with Gasteiger partial charge in [-0.25, -0.2) is 0 Å². The van der Waals surface area contributed by atoms with E-state index in [2.05, 4.69) is 10.2 Å². The van der Waals surface area contributed by atoms with Crippen molar-refractivity contribution >= 4 is 35.7 Å². The fourth-order valence-corrected chi connectivity index (χ4v) is 5.15. The van der Waals surface area contributed by atoms with Crippen LogP contribution in [-0.4, -0.2) is 28.5 Å². The zero-order chi connectivity index (χ0) is 15.1. The molecular formula is C15H8FN3OSSe. The topological polar surface area (TPSA) is 47.8 Å². The van der Waals surface area contributed by atoms with Crippen LogP contribution in [0.25, 0.3) is 25.3 Å². The van der Waals surface area contributed by atoms with Crippen LogP contribution in [0.3, 0.4) is 0 Å². The fraction of sp³-hybridized carbons (Fsp3) is 0. The van der Waals surface area contributed by atoms with Crippen LogP contribution in [0.2, 0.25) is 0 Å². The van der Waals surface area contributed by atoms with Gasteiger partial charge in [-0.3, -0.25) is 0 Å². The SMILES string of the molecule is O=c1c2ccccc2[se]n1-c1nnc(-c2ccc(F)cc2)s1. The van der Waals surface area contributed by atoms with Gasteiger partial charge in [-0.1, -0.05) is 0 Å². The molecule has 0 amide bonds. The van der Waals surface area contributed by atoms with Crippen molar-refractivity contribution in [3.05, 3.63) is 64.7 Å². The van der Waals surface area contributed by atoms with Gasteiger partial charge in [0.1, 0.15) is 0 Å². The molecule has 0 aliphatic carbocycles. The summed E-state index contributed by atoms with van der Waals surface area (Å²) < 4.78 is 15.7. The van der Waals surface area contributed by atoms with E-state index in [1.165, 1.54) is 23.5 Å². The molecule has 0 spiro atoms. The molecule has 0 bridgehead atoms. The van der Waals surface area contributed by atoms with Gasteiger partial charge in [0.05, 0.1) is 0 Å². The Balaban J connectivity index is 1.81. The van der Waals surface area contributed by atoms with Crippen molar-refractivity contribution < 1.29 is 4.39 Å². The first kappa shape index (κ1) is 13.6. The van der Waals surface area contributed by atoms with Crippen LogP contribution in [-0.2, 0) is 0 Å². The molecule has 22 heavy (non-hydrogen) atoms. The van der Waals surface area contributed by atoms with Crippen LogP contribution in [0.4, 0.5) is 4.39 Å². The minimum atomic E-state index is -0.290. The molecule has 2 aromatic carbocycles. The molecule has 7 heteroatoms. The van der Waals surface area contributed by atoms with E-state index in [1.54, 1.807) is 15.7 Å². The van der Waals surface area contributed by atoms with E-state index in [0.717, 1.165) is 15.2 Å². The number of rotatable bonds is 2. The number of nitrogens with zero attached hydrogens (tertiary/aromatic N) is 3. The van der Waals surface area contributed by atoms with E-state index in [1.807, 2.05) is 24.3 Å². The van der Waals surface area contributed by atoms with Gasteiger partial charge in [-0.15, -0.1) is 0 Å². The first-order valence-corrected chi connectivity index (χ1v) is 8.87. The van der Waals surface area contributed by atoms with Gasteiger partial charge >= 0.3 is 134 Å². The van der Waals surface area contributed by atoms with Crippen molar-refractivity contribution in [1.29, 1.82) is 0 Å². The molecule has 0 fully saturated rings. The van der Waals surface area contributed by atoms with Crippen LogP contribution in [0.15, 0.2) is 53.3 Å². The number of halogens is 1. The van der Waals surface area contributed by atoms with Crippen LogP contribution >= 0.6 is 11.3 Å². The average molecular weight is 376 g/mol. The third-order valence-corrected chi connectivity index (χ3v) is 6.64. The summed E-state index contributed by atoms with van der Waals surface area (Å²) in [5.74, 6) is -0.290. The Labute approximate surface area is 134 Å². The Kier molecular flexibility index (Phi) is 3.26. The molecule has 0 atom stereocenters. The molecule has 0 saturated heterocycles. The van der Waals surface area contributed by atoms with E-state index in [-0.39, 0.29) is 26.1 Å². The normalized spacial score (nSPS) is 11.1. The molecule has 4 nitrogen and oxygen atoms in total. The monoisotopic (exact) mass is 377 g/mol. The molecule has 108 valence electrons. The molecular weight excluding hydrogens is 368 g/mol. The minimum absolute atomic E-state index is 0.0302. The molecule has 0 N–H and O–H groups in total. The second-order valence-corrected chi connectivity index (χ2v) is 7.61. The van der Waals surface area contributed by atoms with Gasteiger partial charge in [0.2, 0.25) is 0 Å². The summed E-state index contributed by atoms with van der Waals surface area (Å²) in [6, 6.07) is 13.7. The maximum atomic E-state index is 13.0. The van der Waals surface area contributed by atoms with E-state index in [4.69, 9.17) is 0 Å². The molecule has 4 aromatic rings. The van der Waals surface area contributed by atoms with Gasteiger partial charge in [0.25, 0.3) is 0 Å². The van der Waals surface area contributed by atoms with E-state index >= 15 is 0 Å². The Morgan fingerprint density at radius 3 is 2.59 bits per heavy atom. The van der Waals surface area contributed by atoms with E-state index in [0.29, 0.717) is 10.1 Å². The second kappa shape index (κ2) is 5.28. The number of fused-ring (bicyclic) bond motifs is 1. The maximum absolute atomic E-state index is 13.0. The zero-order valence-electron chi connectivity index (χ0n) is 11.1. The van der Waals surface area contributed by atoms with E-state index < -0.39 is 0 Å². The summed E-state index contributed by atoms with van der Waals surface area (Å²) in [4.78, 5) is 12.4. The van der Waals surface area contributed by atoms with Crippen molar-refractivity contribution in [3.8, 4) is 15.7 Å². The zero-order valence-corrected chi connectivity index (χ0v) is 13.6. The number of hydrogen-bond acceptors (Lipinski definition) is 4. The number of benzene rings is 2. The first-order valence-electron chi connectivity index (χ1n) is 6.43.